The quantitative estimate of drug-likeness (QED) is 0.322. The number of ether oxygens (including phenoxy) is 1. The van der Waals surface area contributed by atoms with E-state index in [0.717, 1.165) is 40.8 Å². The smallest absolute Gasteiger partial charge is 0.283 e. The predicted octanol–water partition coefficient (Wildman–Crippen LogP) is 5.96. The minimum absolute atomic E-state index is 0.227. The maximum Gasteiger partial charge on any atom is 0.283 e. The van der Waals surface area contributed by atoms with E-state index in [1.165, 1.54) is 10.5 Å². The Morgan fingerprint density at radius 2 is 1.71 bits per heavy atom. The van der Waals surface area contributed by atoms with Crippen molar-refractivity contribution in [2.75, 3.05) is 12.4 Å². The Labute approximate surface area is 224 Å². The van der Waals surface area contributed by atoms with Crippen LogP contribution in [0.3, 0.4) is 0 Å². The van der Waals surface area contributed by atoms with Crippen molar-refractivity contribution in [3.05, 3.63) is 113 Å². The highest BCUT2D eigenvalue weighted by atomic mass is 32.2. The summed E-state index contributed by atoms with van der Waals surface area (Å²) in [5, 5.41) is 8.23. The van der Waals surface area contributed by atoms with E-state index in [9.17, 15) is 8.42 Å². The summed E-state index contributed by atoms with van der Waals surface area (Å²) in [5.74, 6) is 1.38. The number of anilines is 1. The summed E-state index contributed by atoms with van der Waals surface area (Å²) in [7, 11) is -2.26. The van der Waals surface area contributed by atoms with Crippen molar-refractivity contribution in [1.82, 2.24) is 9.19 Å². The van der Waals surface area contributed by atoms with Crippen molar-refractivity contribution in [3.63, 3.8) is 0 Å². The highest BCUT2D eigenvalue weighted by molar-refractivity contribution is 7.89. The predicted molar refractivity (Wildman–Crippen MR) is 150 cm³/mol. The van der Waals surface area contributed by atoms with Gasteiger partial charge in [-0.2, -0.15) is 12.5 Å². The minimum Gasteiger partial charge on any atom is -0.497 e. The van der Waals surface area contributed by atoms with Crippen LogP contribution in [0.15, 0.2) is 89.8 Å². The van der Waals surface area contributed by atoms with Crippen LogP contribution in [0, 0.1) is 6.92 Å². The van der Waals surface area contributed by atoms with Crippen molar-refractivity contribution in [2.45, 2.75) is 49.0 Å². The molecule has 1 fully saturated rings. The zero-order valence-electron chi connectivity index (χ0n) is 21.6. The van der Waals surface area contributed by atoms with Gasteiger partial charge in [0.2, 0.25) is 0 Å². The van der Waals surface area contributed by atoms with Gasteiger partial charge in [0.15, 0.2) is 5.82 Å². The van der Waals surface area contributed by atoms with E-state index in [2.05, 4.69) is 29.6 Å². The average molecular weight is 526 g/mol. The van der Waals surface area contributed by atoms with E-state index >= 15 is 0 Å². The van der Waals surface area contributed by atoms with Gasteiger partial charge in [0.25, 0.3) is 10.0 Å². The second-order valence-corrected chi connectivity index (χ2v) is 12.0. The molecule has 0 aliphatic heterocycles. The molecule has 0 spiro atoms. The van der Waals surface area contributed by atoms with Crippen LogP contribution in [0.4, 0.5) is 5.82 Å². The number of benzene rings is 3. The fourth-order valence-electron chi connectivity index (χ4n) is 5.39. The van der Waals surface area contributed by atoms with Crippen molar-refractivity contribution in [2.24, 2.45) is 0 Å². The number of nitrogens with one attached hydrogen (secondary N) is 1. The van der Waals surface area contributed by atoms with Gasteiger partial charge in [-0.05, 0) is 61.6 Å². The Morgan fingerprint density at radius 3 is 2.39 bits per heavy atom. The molecule has 1 saturated carbocycles. The van der Waals surface area contributed by atoms with Gasteiger partial charge in [-0.25, -0.2) is 0 Å². The Hall–Kier alpha value is -3.84. The first-order valence-corrected chi connectivity index (χ1v) is 14.4. The van der Waals surface area contributed by atoms with Crippen LogP contribution in [0.5, 0.6) is 5.75 Å². The summed E-state index contributed by atoms with van der Waals surface area (Å²) >= 11 is 0. The SMILES string of the molecule is COc1cccc(C2(c3ccccc3)C=Cc3c(NC4CCC4)nn(S(=O)(=O)c4ccc(C)cc4)c3C2)c1. The largest absolute Gasteiger partial charge is 0.497 e. The van der Waals surface area contributed by atoms with Crippen molar-refractivity contribution in [3.8, 4) is 5.75 Å². The lowest BCUT2D eigenvalue weighted by molar-refractivity contribution is 0.413. The first-order valence-electron chi connectivity index (χ1n) is 13.0. The van der Waals surface area contributed by atoms with Crippen LogP contribution in [-0.4, -0.2) is 30.8 Å². The third-order valence-corrected chi connectivity index (χ3v) is 9.46. The number of aryl methyl sites for hydroxylation is 1. The van der Waals surface area contributed by atoms with Crippen molar-refractivity contribution in [1.29, 1.82) is 0 Å². The monoisotopic (exact) mass is 525 g/mol. The maximum atomic E-state index is 14.0. The lowest BCUT2D eigenvalue weighted by atomic mass is 9.68. The highest BCUT2D eigenvalue weighted by Gasteiger charge is 2.40. The molecule has 2 aliphatic carbocycles. The molecule has 7 heteroatoms. The van der Waals surface area contributed by atoms with Gasteiger partial charge in [-0.1, -0.05) is 72.3 Å². The number of rotatable bonds is 7. The molecule has 4 aromatic rings. The summed E-state index contributed by atoms with van der Waals surface area (Å²) in [5.41, 5.74) is 4.01. The van der Waals surface area contributed by atoms with Crippen molar-refractivity contribution < 1.29 is 13.2 Å². The molecular formula is C31H31N3O3S. The van der Waals surface area contributed by atoms with Crippen LogP contribution in [0.25, 0.3) is 6.08 Å². The van der Waals surface area contributed by atoms with Gasteiger partial charge in [-0.3, -0.25) is 0 Å². The first-order chi connectivity index (χ1) is 18.4. The van der Waals surface area contributed by atoms with E-state index in [4.69, 9.17) is 9.84 Å². The summed E-state index contributed by atoms with van der Waals surface area (Å²) in [6, 6.07) is 25.5. The lowest BCUT2D eigenvalue weighted by Crippen LogP contribution is -2.32. The zero-order chi connectivity index (χ0) is 26.3. The fourth-order valence-corrected chi connectivity index (χ4v) is 6.71. The fraction of sp³-hybridized carbons (Fsp3) is 0.258. The number of aromatic nitrogens is 2. The van der Waals surface area contributed by atoms with E-state index < -0.39 is 15.4 Å². The molecule has 38 heavy (non-hydrogen) atoms. The Bertz CT molecular complexity index is 1600. The minimum atomic E-state index is -3.92. The molecule has 194 valence electrons. The van der Waals surface area contributed by atoms with Crippen LogP contribution in [-0.2, 0) is 21.9 Å². The molecule has 1 aromatic heterocycles. The number of allylic oxidation sites excluding steroid dienone is 1. The summed E-state index contributed by atoms with van der Waals surface area (Å²) in [4.78, 5) is 0.227. The number of fused-ring (bicyclic) bond motifs is 1. The molecule has 6 nitrogen and oxygen atoms in total. The van der Waals surface area contributed by atoms with Gasteiger partial charge >= 0.3 is 0 Å². The van der Waals surface area contributed by atoms with Gasteiger partial charge < -0.3 is 10.1 Å². The molecule has 2 aliphatic rings. The van der Waals surface area contributed by atoms with Gasteiger partial charge in [0.05, 0.1) is 17.7 Å². The summed E-state index contributed by atoms with van der Waals surface area (Å²) < 4.78 is 34.8. The molecule has 0 radical (unpaired) electrons. The van der Waals surface area contributed by atoms with Crippen LogP contribution < -0.4 is 10.1 Å². The zero-order valence-corrected chi connectivity index (χ0v) is 22.4. The maximum absolute atomic E-state index is 14.0. The molecule has 6 rings (SSSR count). The molecule has 1 N–H and O–H groups in total. The van der Waals surface area contributed by atoms with E-state index in [-0.39, 0.29) is 4.90 Å². The molecule has 0 saturated heterocycles. The molecule has 3 aromatic carbocycles. The molecular weight excluding hydrogens is 494 g/mol. The molecule has 0 bridgehead atoms. The second-order valence-electron chi connectivity index (χ2n) is 10.2. The number of nitrogens with zero attached hydrogens (tertiary/aromatic N) is 2. The molecule has 0 amide bonds. The summed E-state index contributed by atoms with van der Waals surface area (Å²) in [6.07, 6.45) is 7.96. The van der Waals surface area contributed by atoms with Crippen LogP contribution in [0.1, 0.15) is 47.2 Å². The van der Waals surface area contributed by atoms with Gasteiger partial charge in [-0.15, -0.1) is 5.10 Å². The van der Waals surface area contributed by atoms with E-state index in [1.54, 1.807) is 19.2 Å². The van der Waals surface area contributed by atoms with Crippen molar-refractivity contribution >= 4 is 21.9 Å². The first kappa shape index (κ1) is 24.5. The van der Waals surface area contributed by atoms with E-state index in [0.29, 0.717) is 24.0 Å². The third-order valence-electron chi connectivity index (χ3n) is 7.83. The van der Waals surface area contributed by atoms with Crippen LogP contribution in [0.2, 0.25) is 0 Å². The highest BCUT2D eigenvalue weighted by Crippen LogP contribution is 2.45. The molecule has 1 atom stereocenters. The van der Waals surface area contributed by atoms with Crippen LogP contribution >= 0.6 is 0 Å². The lowest BCUT2D eigenvalue weighted by Gasteiger charge is -2.35. The average Bonchev–Trinajstić information content (AvgIpc) is 3.29. The van der Waals surface area contributed by atoms with Gasteiger partial charge in [0, 0.05) is 23.4 Å². The number of methoxy groups -OCH3 is 1. The normalized spacial score (nSPS) is 19.0. The standard InChI is InChI=1S/C31H31N3O3S/c1-22-14-16-27(17-15-22)38(35,36)34-29-21-31(23-8-4-3-5-9-23,24-10-6-13-26(20-24)37-2)19-18-28(29)30(33-34)32-25-11-7-12-25/h3-6,8-10,13-20,25H,7,11-12,21H2,1-2H3,(H,32,33). The topological polar surface area (TPSA) is 73.2 Å². The second kappa shape index (κ2) is 9.48. The number of hydrogen-bond acceptors (Lipinski definition) is 5. The Balaban J connectivity index is 1.55. The van der Waals surface area contributed by atoms with E-state index in [1.807, 2.05) is 61.5 Å². The molecule has 1 heterocycles. The van der Waals surface area contributed by atoms with Gasteiger partial charge in [0.1, 0.15) is 5.75 Å². The number of hydrogen-bond donors (Lipinski definition) is 1. The molecule has 1 unspecified atom stereocenters. The summed E-state index contributed by atoms with van der Waals surface area (Å²) in [6.45, 7) is 1.94. The third kappa shape index (κ3) is 4.11. The Morgan fingerprint density at radius 1 is 0.974 bits per heavy atom. The Kier molecular flexibility index (Phi) is 6.11.